The summed E-state index contributed by atoms with van der Waals surface area (Å²) in [6.45, 7) is 1.96. The highest BCUT2D eigenvalue weighted by molar-refractivity contribution is 8.00. The SMILES string of the molecule is CCOC(=O)C(Sc1ccsc1[N+](=O)[O-])c1ccc(Cl)cc1. The predicted molar refractivity (Wildman–Crippen MR) is 87.7 cm³/mol. The van der Waals surface area contributed by atoms with E-state index in [1.54, 1.807) is 42.6 Å². The van der Waals surface area contributed by atoms with Crippen LogP contribution in [-0.4, -0.2) is 17.5 Å². The fraction of sp³-hybridized carbons (Fsp3) is 0.214. The van der Waals surface area contributed by atoms with Crippen molar-refractivity contribution in [1.29, 1.82) is 0 Å². The highest BCUT2D eigenvalue weighted by atomic mass is 35.5. The predicted octanol–water partition coefficient (Wildman–Crippen LogP) is 4.71. The molecule has 0 aliphatic rings. The molecule has 0 aliphatic carbocycles. The number of hydrogen-bond donors (Lipinski definition) is 0. The minimum atomic E-state index is -0.675. The van der Waals surface area contributed by atoms with Gasteiger partial charge in [-0.05, 0) is 36.1 Å². The number of thiophene rings is 1. The van der Waals surface area contributed by atoms with Gasteiger partial charge in [-0.2, -0.15) is 0 Å². The fourth-order valence-corrected chi connectivity index (χ4v) is 3.88. The Morgan fingerprint density at radius 2 is 2.09 bits per heavy atom. The topological polar surface area (TPSA) is 69.4 Å². The van der Waals surface area contributed by atoms with E-state index >= 15 is 0 Å². The van der Waals surface area contributed by atoms with Gasteiger partial charge in [-0.15, -0.1) is 0 Å². The van der Waals surface area contributed by atoms with Crippen LogP contribution in [0.3, 0.4) is 0 Å². The van der Waals surface area contributed by atoms with Gasteiger partial charge >= 0.3 is 11.0 Å². The summed E-state index contributed by atoms with van der Waals surface area (Å²) in [4.78, 5) is 23.2. The summed E-state index contributed by atoms with van der Waals surface area (Å²) in [5.74, 6) is -0.435. The summed E-state index contributed by atoms with van der Waals surface area (Å²) in [6.07, 6.45) is 0. The number of carbonyl (C=O) groups is 1. The van der Waals surface area contributed by atoms with E-state index in [2.05, 4.69) is 0 Å². The Morgan fingerprint density at radius 1 is 1.41 bits per heavy atom. The molecule has 0 bridgehead atoms. The van der Waals surface area contributed by atoms with Gasteiger partial charge in [0.15, 0.2) is 0 Å². The number of benzene rings is 1. The number of rotatable bonds is 6. The van der Waals surface area contributed by atoms with Crippen molar-refractivity contribution in [2.75, 3.05) is 6.61 Å². The zero-order valence-electron chi connectivity index (χ0n) is 11.5. The van der Waals surface area contributed by atoms with Crippen molar-refractivity contribution in [3.8, 4) is 0 Å². The standard InChI is InChI=1S/C14H12ClNO4S2/c1-2-20-14(17)12(9-3-5-10(15)6-4-9)22-11-7-8-21-13(11)16(18)19/h3-8,12H,2H2,1H3. The van der Waals surface area contributed by atoms with E-state index in [-0.39, 0.29) is 11.6 Å². The largest absolute Gasteiger partial charge is 0.465 e. The maximum atomic E-state index is 12.2. The van der Waals surface area contributed by atoms with Crippen molar-refractivity contribution in [3.05, 3.63) is 56.4 Å². The first-order valence-electron chi connectivity index (χ1n) is 6.33. The van der Waals surface area contributed by atoms with Gasteiger partial charge in [0, 0.05) is 5.02 Å². The van der Waals surface area contributed by atoms with Crippen LogP contribution in [0.15, 0.2) is 40.6 Å². The zero-order chi connectivity index (χ0) is 16.1. The normalized spacial score (nSPS) is 11.9. The molecule has 0 amide bonds. The van der Waals surface area contributed by atoms with E-state index in [1.165, 1.54) is 0 Å². The van der Waals surface area contributed by atoms with E-state index in [0.717, 1.165) is 23.1 Å². The summed E-state index contributed by atoms with van der Waals surface area (Å²) in [6, 6.07) is 8.41. The fourth-order valence-electron chi connectivity index (χ4n) is 1.75. The molecule has 0 spiro atoms. The number of ether oxygens (including phenoxy) is 1. The Morgan fingerprint density at radius 3 is 2.68 bits per heavy atom. The zero-order valence-corrected chi connectivity index (χ0v) is 13.9. The van der Waals surface area contributed by atoms with Crippen LogP contribution in [0, 0.1) is 10.1 Å². The van der Waals surface area contributed by atoms with Gasteiger partial charge in [-0.1, -0.05) is 46.8 Å². The number of esters is 1. The number of thioether (sulfide) groups is 1. The van der Waals surface area contributed by atoms with E-state index in [1.807, 2.05) is 0 Å². The molecule has 1 aromatic carbocycles. The molecule has 22 heavy (non-hydrogen) atoms. The van der Waals surface area contributed by atoms with Crippen molar-refractivity contribution >= 4 is 45.7 Å². The maximum Gasteiger partial charge on any atom is 0.337 e. The number of hydrogen-bond acceptors (Lipinski definition) is 6. The average Bonchev–Trinajstić information content (AvgIpc) is 2.94. The van der Waals surface area contributed by atoms with Crippen molar-refractivity contribution in [2.45, 2.75) is 17.1 Å². The van der Waals surface area contributed by atoms with Crippen molar-refractivity contribution in [1.82, 2.24) is 0 Å². The molecule has 0 aliphatic heterocycles. The first-order valence-corrected chi connectivity index (χ1v) is 8.47. The Hall–Kier alpha value is -1.57. The molecule has 0 radical (unpaired) electrons. The van der Waals surface area contributed by atoms with Crippen LogP contribution in [0.1, 0.15) is 17.7 Å². The molecule has 0 N–H and O–H groups in total. The third kappa shape index (κ3) is 4.00. The van der Waals surface area contributed by atoms with Crippen molar-refractivity contribution in [2.24, 2.45) is 0 Å². The molecule has 8 heteroatoms. The van der Waals surface area contributed by atoms with Gasteiger partial charge in [0.25, 0.3) is 0 Å². The molecular formula is C14H12ClNO4S2. The lowest BCUT2D eigenvalue weighted by atomic mass is 10.1. The minimum absolute atomic E-state index is 0.0215. The second kappa shape index (κ2) is 7.62. The molecule has 0 fully saturated rings. The molecule has 5 nitrogen and oxygen atoms in total. The minimum Gasteiger partial charge on any atom is -0.465 e. The van der Waals surface area contributed by atoms with Crippen LogP contribution in [0.2, 0.25) is 5.02 Å². The number of nitrogens with zero attached hydrogens (tertiary/aromatic N) is 1. The summed E-state index contributed by atoms with van der Waals surface area (Å²) >= 11 is 7.99. The van der Waals surface area contributed by atoms with Gasteiger partial charge in [0.05, 0.1) is 16.4 Å². The number of carbonyl (C=O) groups excluding carboxylic acids is 1. The van der Waals surface area contributed by atoms with Gasteiger partial charge < -0.3 is 4.74 Å². The molecule has 1 heterocycles. The third-order valence-electron chi connectivity index (χ3n) is 2.69. The lowest BCUT2D eigenvalue weighted by Gasteiger charge is -2.14. The van der Waals surface area contributed by atoms with Crippen molar-refractivity contribution in [3.63, 3.8) is 0 Å². The second-order valence-electron chi connectivity index (χ2n) is 4.15. The van der Waals surface area contributed by atoms with Crippen LogP contribution in [0.4, 0.5) is 5.00 Å². The van der Waals surface area contributed by atoms with Gasteiger partial charge in [0.1, 0.15) is 5.25 Å². The monoisotopic (exact) mass is 357 g/mol. The lowest BCUT2D eigenvalue weighted by molar-refractivity contribution is -0.382. The first-order chi connectivity index (χ1) is 10.5. The molecular weight excluding hydrogens is 346 g/mol. The van der Waals surface area contributed by atoms with Gasteiger partial charge in [-0.3, -0.25) is 14.9 Å². The van der Waals surface area contributed by atoms with E-state index in [0.29, 0.717) is 15.5 Å². The molecule has 1 aromatic heterocycles. The number of halogens is 1. The first kappa shape index (κ1) is 16.8. The highest BCUT2D eigenvalue weighted by Gasteiger charge is 2.27. The summed E-state index contributed by atoms with van der Waals surface area (Å²) in [5.41, 5.74) is 0.688. The van der Waals surface area contributed by atoms with Crippen molar-refractivity contribution < 1.29 is 14.5 Å². The number of nitro groups is 1. The molecule has 1 unspecified atom stereocenters. The van der Waals surface area contributed by atoms with E-state index in [9.17, 15) is 14.9 Å². The maximum absolute atomic E-state index is 12.2. The molecule has 2 rings (SSSR count). The molecule has 0 saturated heterocycles. The van der Waals surface area contributed by atoms with Crippen LogP contribution < -0.4 is 0 Å². The third-order valence-corrected chi connectivity index (χ3v) is 5.22. The van der Waals surface area contributed by atoms with Gasteiger partial charge in [-0.25, -0.2) is 0 Å². The lowest BCUT2D eigenvalue weighted by Crippen LogP contribution is -2.13. The molecule has 1 atom stereocenters. The average molecular weight is 358 g/mol. The van der Waals surface area contributed by atoms with E-state index < -0.39 is 16.1 Å². The van der Waals surface area contributed by atoms with Crippen LogP contribution >= 0.6 is 34.7 Å². The Balaban J connectivity index is 2.32. The van der Waals surface area contributed by atoms with Crippen LogP contribution in [0.5, 0.6) is 0 Å². The Bertz CT molecular complexity index is 672. The summed E-state index contributed by atoms with van der Waals surface area (Å²) < 4.78 is 5.08. The smallest absolute Gasteiger partial charge is 0.337 e. The molecule has 116 valence electrons. The molecule has 2 aromatic rings. The quantitative estimate of drug-likeness (QED) is 0.324. The summed E-state index contributed by atoms with van der Waals surface area (Å²) in [7, 11) is 0. The second-order valence-corrected chi connectivity index (χ2v) is 6.63. The van der Waals surface area contributed by atoms with Gasteiger partial charge in [0.2, 0.25) is 0 Å². The molecule has 0 saturated carbocycles. The summed E-state index contributed by atoms with van der Waals surface area (Å²) in [5, 5.41) is 12.5. The Kier molecular flexibility index (Phi) is 5.82. The Labute approximate surface area is 140 Å². The highest BCUT2D eigenvalue weighted by Crippen LogP contribution is 2.43. The van der Waals surface area contributed by atoms with Crippen LogP contribution in [-0.2, 0) is 9.53 Å². The van der Waals surface area contributed by atoms with E-state index in [4.69, 9.17) is 16.3 Å². The van der Waals surface area contributed by atoms with Crippen LogP contribution in [0.25, 0.3) is 0 Å².